The lowest BCUT2D eigenvalue weighted by atomic mass is 9.97. The molecule has 0 aromatic heterocycles. The molecule has 2 fully saturated rings. The molecule has 25 heavy (non-hydrogen) atoms. The van der Waals surface area contributed by atoms with E-state index in [-0.39, 0.29) is 5.92 Å². The molecule has 1 aromatic carbocycles. The van der Waals surface area contributed by atoms with E-state index < -0.39 is 16.1 Å². The van der Waals surface area contributed by atoms with Gasteiger partial charge in [-0.15, -0.1) is 0 Å². The van der Waals surface area contributed by atoms with Crippen molar-refractivity contribution >= 4 is 16.1 Å². The maximum atomic E-state index is 12.9. The van der Waals surface area contributed by atoms with Crippen molar-refractivity contribution in [3.05, 3.63) is 35.4 Å². The minimum atomic E-state index is -3.34. The van der Waals surface area contributed by atoms with E-state index in [0.717, 1.165) is 44.1 Å². The zero-order chi connectivity index (χ0) is 17.9. The maximum Gasteiger partial charge on any atom is 0.281 e. The van der Waals surface area contributed by atoms with Crippen LogP contribution in [0.3, 0.4) is 0 Å². The van der Waals surface area contributed by atoms with Crippen molar-refractivity contribution in [1.82, 2.24) is 8.61 Å². The van der Waals surface area contributed by atoms with E-state index in [1.54, 1.807) is 14.7 Å². The molecule has 0 bridgehead atoms. The van der Waals surface area contributed by atoms with Gasteiger partial charge in [0.05, 0.1) is 0 Å². The van der Waals surface area contributed by atoms with Gasteiger partial charge in [-0.05, 0) is 49.3 Å². The summed E-state index contributed by atoms with van der Waals surface area (Å²) in [5.41, 5.74) is 6.87. The third-order valence-electron chi connectivity index (χ3n) is 5.20. The van der Waals surface area contributed by atoms with Crippen LogP contribution in [0, 0.1) is 5.92 Å². The van der Waals surface area contributed by atoms with E-state index in [4.69, 9.17) is 5.73 Å². The molecule has 2 heterocycles. The van der Waals surface area contributed by atoms with E-state index in [2.05, 4.69) is 0 Å². The van der Waals surface area contributed by atoms with Crippen LogP contribution < -0.4 is 5.73 Å². The first-order chi connectivity index (χ1) is 12.0. The van der Waals surface area contributed by atoms with Crippen molar-refractivity contribution in [1.29, 1.82) is 0 Å². The fourth-order valence-corrected chi connectivity index (χ4v) is 5.58. The summed E-state index contributed by atoms with van der Waals surface area (Å²) in [6.07, 6.45) is 5.77. The van der Waals surface area contributed by atoms with E-state index in [0.29, 0.717) is 31.7 Å². The topological polar surface area (TPSA) is 83.7 Å². The number of nitrogens with zero attached hydrogens (tertiary/aromatic N) is 2. The fraction of sp³-hybridized carbons (Fsp3) is 0.611. The highest BCUT2D eigenvalue weighted by molar-refractivity contribution is 7.86. The van der Waals surface area contributed by atoms with Gasteiger partial charge in [-0.2, -0.15) is 17.0 Å². The summed E-state index contributed by atoms with van der Waals surface area (Å²) in [7, 11) is -3.34. The third-order valence-corrected chi connectivity index (χ3v) is 7.20. The predicted octanol–water partition coefficient (Wildman–Crippen LogP) is 1.77. The Kier molecular flexibility index (Phi) is 5.76. The van der Waals surface area contributed by atoms with Gasteiger partial charge >= 0.3 is 0 Å². The molecule has 0 aliphatic carbocycles. The number of nitrogens with two attached hydrogens (primary N) is 1. The Balaban J connectivity index is 1.63. The molecule has 1 atom stereocenters. The molecule has 0 radical (unpaired) electrons. The molecule has 1 amide bonds. The molecular weight excluding hydrogens is 338 g/mol. The normalized spacial score (nSPS) is 23.4. The molecular formula is C18H27N3O3S. The van der Waals surface area contributed by atoms with E-state index in [1.165, 1.54) is 0 Å². The third kappa shape index (κ3) is 4.40. The van der Waals surface area contributed by atoms with Crippen LogP contribution in [0.2, 0.25) is 0 Å². The van der Waals surface area contributed by atoms with Gasteiger partial charge in [0.25, 0.3) is 10.2 Å². The zero-order valence-corrected chi connectivity index (χ0v) is 15.4. The van der Waals surface area contributed by atoms with Gasteiger partial charge in [-0.25, -0.2) is 0 Å². The summed E-state index contributed by atoms with van der Waals surface area (Å²) in [5.74, 6) is -0.150. The SMILES string of the molecule is NC(=O)c1cccc(C[C@H]2CCN(S(=O)(=O)N3CCCCCC3)C2)c1. The fourth-order valence-electron chi connectivity index (χ4n) is 3.79. The number of amides is 1. The first-order valence-corrected chi connectivity index (χ1v) is 10.5. The lowest BCUT2D eigenvalue weighted by molar-refractivity contribution is 0.1000. The molecule has 0 unspecified atom stereocenters. The number of hydrogen-bond acceptors (Lipinski definition) is 3. The number of hydrogen-bond donors (Lipinski definition) is 1. The number of benzene rings is 1. The monoisotopic (exact) mass is 365 g/mol. The standard InChI is InChI=1S/C18H27N3O3S/c19-18(22)17-7-5-6-15(13-17)12-16-8-11-21(14-16)25(23,24)20-9-3-1-2-4-10-20/h5-7,13,16H,1-4,8-12,14H2,(H2,19,22)/t16-/m1/s1. The molecule has 2 aliphatic rings. The second-order valence-electron chi connectivity index (χ2n) is 7.10. The van der Waals surface area contributed by atoms with E-state index >= 15 is 0 Å². The minimum Gasteiger partial charge on any atom is -0.366 e. The second kappa shape index (κ2) is 7.85. The Morgan fingerprint density at radius 3 is 2.48 bits per heavy atom. The Morgan fingerprint density at radius 2 is 1.80 bits per heavy atom. The van der Waals surface area contributed by atoms with Crippen molar-refractivity contribution in [2.45, 2.75) is 38.5 Å². The quantitative estimate of drug-likeness (QED) is 0.863. The van der Waals surface area contributed by atoms with Gasteiger partial charge in [0.15, 0.2) is 0 Å². The van der Waals surface area contributed by atoms with Crippen molar-refractivity contribution in [3.63, 3.8) is 0 Å². The molecule has 0 spiro atoms. The Labute approximate surface area is 150 Å². The molecule has 3 rings (SSSR count). The Morgan fingerprint density at radius 1 is 1.08 bits per heavy atom. The van der Waals surface area contributed by atoms with Crippen LogP contribution in [0.15, 0.2) is 24.3 Å². The van der Waals surface area contributed by atoms with E-state index in [1.807, 2.05) is 18.2 Å². The smallest absolute Gasteiger partial charge is 0.281 e. The first-order valence-electron chi connectivity index (χ1n) is 9.11. The van der Waals surface area contributed by atoms with Gasteiger partial charge in [0.2, 0.25) is 5.91 Å². The first kappa shape index (κ1) is 18.4. The largest absolute Gasteiger partial charge is 0.366 e. The highest BCUT2D eigenvalue weighted by Crippen LogP contribution is 2.26. The van der Waals surface area contributed by atoms with Gasteiger partial charge in [-0.1, -0.05) is 25.0 Å². The van der Waals surface area contributed by atoms with E-state index in [9.17, 15) is 13.2 Å². The van der Waals surface area contributed by atoms with Gasteiger partial charge in [0, 0.05) is 31.7 Å². The van der Waals surface area contributed by atoms with Crippen LogP contribution in [-0.4, -0.2) is 49.1 Å². The molecule has 6 nitrogen and oxygen atoms in total. The van der Waals surface area contributed by atoms with Crippen molar-refractivity contribution in [2.75, 3.05) is 26.2 Å². The predicted molar refractivity (Wildman–Crippen MR) is 97.3 cm³/mol. The lowest BCUT2D eigenvalue weighted by Gasteiger charge is -2.26. The average molecular weight is 365 g/mol. The summed E-state index contributed by atoms with van der Waals surface area (Å²) in [6, 6.07) is 7.32. The molecule has 7 heteroatoms. The summed E-state index contributed by atoms with van der Waals surface area (Å²) < 4.78 is 29.0. The summed E-state index contributed by atoms with van der Waals surface area (Å²) in [4.78, 5) is 11.3. The van der Waals surface area contributed by atoms with Crippen molar-refractivity contribution < 1.29 is 13.2 Å². The van der Waals surface area contributed by atoms with Gasteiger partial charge < -0.3 is 5.73 Å². The Bertz CT molecular complexity index is 712. The van der Waals surface area contributed by atoms with Gasteiger partial charge in [-0.3, -0.25) is 4.79 Å². The molecule has 1 aromatic rings. The van der Waals surface area contributed by atoms with Crippen molar-refractivity contribution in [2.24, 2.45) is 11.7 Å². The summed E-state index contributed by atoms with van der Waals surface area (Å²) in [5, 5.41) is 0. The van der Waals surface area contributed by atoms with Crippen LogP contribution in [0.5, 0.6) is 0 Å². The minimum absolute atomic E-state index is 0.282. The molecule has 2 saturated heterocycles. The number of rotatable bonds is 5. The van der Waals surface area contributed by atoms with Crippen LogP contribution in [0.1, 0.15) is 48.0 Å². The molecule has 0 saturated carbocycles. The molecule has 2 aliphatic heterocycles. The van der Waals surface area contributed by atoms with Gasteiger partial charge in [0.1, 0.15) is 0 Å². The highest BCUT2D eigenvalue weighted by atomic mass is 32.2. The summed E-state index contributed by atoms with van der Waals surface area (Å²) >= 11 is 0. The second-order valence-corrected chi connectivity index (χ2v) is 9.03. The molecule has 2 N–H and O–H groups in total. The Hall–Kier alpha value is -1.44. The zero-order valence-electron chi connectivity index (χ0n) is 14.6. The van der Waals surface area contributed by atoms with Crippen LogP contribution in [0.4, 0.5) is 0 Å². The van der Waals surface area contributed by atoms with Crippen LogP contribution in [-0.2, 0) is 16.6 Å². The highest BCUT2D eigenvalue weighted by Gasteiger charge is 2.35. The van der Waals surface area contributed by atoms with Crippen LogP contribution >= 0.6 is 0 Å². The molecule has 138 valence electrons. The number of carbonyl (C=O) groups excluding carboxylic acids is 1. The van der Waals surface area contributed by atoms with Crippen LogP contribution in [0.25, 0.3) is 0 Å². The number of primary amides is 1. The van der Waals surface area contributed by atoms with Crippen molar-refractivity contribution in [3.8, 4) is 0 Å². The number of carbonyl (C=O) groups is 1. The lowest BCUT2D eigenvalue weighted by Crippen LogP contribution is -2.43. The average Bonchev–Trinajstić information content (AvgIpc) is 2.88. The maximum absolute atomic E-state index is 12.9. The summed E-state index contributed by atoms with van der Waals surface area (Å²) in [6.45, 7) is 2.42.